The van der Waals surface area contributed by atoms with E-state index in [2.05, 4.69) is 5.32 Å². The number of hydrogen-bond donors (Lipinski definition) is 1. The predicted octanol–water partition coefficient (Wildman–Crippen LogP) is 3.40. The van der Waals surface area contributed by atoms with Crippen molar-refractivity contribution in [2.24, 2.45) is 0 Å². The molecule has 0 aliphatic heterocycles. The molecule has 24 heavy (non-hydrogen) atoms. The van der Waals surface area contributed by atoms with Crippen LogP contribution < -0.4 is 10.7 Å². The largest absolute Gasteiger partial charge is 0.333 e. The molecular formula is C19H17FN2O2. The van der Waals surface area contributed by atoms with E-state index in [0.29, 0.717) is 11.4 Å². The van der Waals surface area contributed by atoms with Crippen LogP contribution in [0, 0.1) is 19.7 Å². The smallest absolute Gasteiger partial charge is 0.244 e. The van der Waals surface area contributed by atoms with E-state index in [-0.39, 0.29) is 28.8 Å². The Morgan fingerprint density at radius 2 is 1.88 bits per heavy atom. The van der Waals surface area contributed by atoms with Gasteiger partial charge in [-0.2, -0.15) is 0 Å². The Labute approximate surface area is 138 Å². The summed E-state index contributed by atoms with van der Waals surface area (Å²) in [6, 6.07) is 13.2. The average Bonchev–Trinajstić information content (AvgIpc) is 2.54. The third-order valence-electron chi connectivity index (χ3n) is 4.01. The van der Waals surface area contributed by atoms with E-state index in [9.17, 15) is 14.0 Å². The summed E-state index contributed by atoms with van der Waals surface area (Å²) in [6.07, 6.45) is 0. The quantitative estimate of drug-likeness (QED) is 0.803. The minimum atomic E-state index is -0.517. The van der Waals surface area contributed by atoms with Gasteiger partial charge in [-0.1, -0.05) is 24.3 Å². The highest BCUT2D eigenvalue weighted by atomic mass is 19.1. The number of halogens is 1. The van der Waals surface area contributed by atoms with E-state index in [1.165, 1.54) is 22.8 Å². The number of fused-ring (bicyclic) bond motifs is 1. The molecule has 0 aliphatic rings. The molecule has 4 nitrogen and oxygen atoms in total. The molecule has 1 N–H and O–H groups in total. The zero-order chi connectivity index (χ0) is 17.3. The average molecular weight is 324 g/mol. The number of nitrogens with one attached hydrogen (secondary N) is 1. The molecule has 0 saturated carbocycles. The summed E-state index contributed by atoms with van der Waals surface area (Å²) in [5.41, 5.74) is 2.10. The van der Waals surface area contributed by atoms with E-state index in [0.717, 1.165) is 5.56 Å². The highest BCUT2D eigenvalue weighted by molar-refractivity contribution is 5.92. The van der Waals surface area contributed by atoms with Crippen molar-refractivity contribution in [3.8, 4) is 0 Å². The van der Waals surface area contributed by atoms with Crippen molar-refractivity contribution in [2.45, 2.75) is 20.4 Å². The first kappa shape index (κ1) is 15.9. The monoisotopic (exact) mass is 324 g/mol. The van der Waals surface area contributed by atoms with Gasteiger partial charge in [-0.3, -0.25) is 9.59 Å². The number of nitrogens with zero attached hydrogens (tertiary/aromatic N) is 1. The molecule has 5 heteroatoms. The van der Waals surface area contributed by atoms with Crippen LogP contribution in [0.4, 0.5) is 10.1 Å². The number of para-hydroxylation sites is 2. The van der Waals surface area contributed by atoms with Crippen molar-refractivity contribution >= 4 is 22.5 Å². The lowest BCUT2D eigenvalue weighted by molar-refractivity contribution is -0.116. The lowest BCUT2D eigenvalue weighted by Crippen LogP contribution is -2.23. The standard InChI is InChI=1S/C19H17FN2O2/c1-12-6-3-4-9-16(12)21-18(24)11-22-13(2)10-17(23)14-7-5-8-15(20)19(14)22/h3-10H,11H2,1-2H3,(H,21,24). The van der Waals surface area contributed by atoms with Crippen LogP contribution >= 0.6 is 0 Å². The van der Waals surface area contributed by atoms with E-state index < -0.39 is 5.82 Å². The van der Waals surface area contributed by atoms with Crippen LogP contribution in [0.15, 0.2) is 53.3 Å². The normalized spacial score (nSPS) is 10.8. The first-order valence-corrected chi connectivity index (χ1v) is 7.61. The molecule has 0 atom stereocenters. The molecule has 0 unspecified atom stereocenters. The Morgan fingerprint density at radius 1 is 1.12 bits per heavy atom. The third-order valence-corrected chi connectivity index (χ3v) is 4.01. The number of rotatable bonds is 3. The maximum atomic E-state index is 14.3. The molecule has 0 radical (unpaired) electrons. The Morgan fingerprint density at radius 3 is 2.62 bits per heavy atom. The Balaban J connectivity index is 2.00. The van der Waals surface area contributed by atoms with Gasteiger partial charge in [0.05, 0.1) is 5.52 Å². The van der Waals surface area contributed by atoms with E-state index in [1.807, 2.05) is 31.2 Å². The van der Waals surface area contributed by atoms with Gasteiger partial charge < -0.3 is 9.88 Å². The molecular weight excluding hydrogens is 307 g/mol. The maximum absolute atomic E-state index is 14.3. The van der Waals surface area contributed by atoms with E-state index >= 15 is 0 Å². The molecule has 1 amide bonds. The molecule has 0 fully saturated rings. The molecule has 3 aromatic rings. The molecule has 0 bridgehead atoms. The summed E-state index contributed by atoms with van der Waals surface area (Å²) >= 11 is 0. The molecule has 0 spiro atoms. The summed E-state index contributed by atoms with van der Waals surface area (Å²) in [7, 11) is 0. The van der Waals surface area contributed by atoms with Gasteiger partial charge in [0, 0.05) is 22.8 Å². The third kappa shape index (κ3) is 2.93. The topological polar surface area (TPSA) is 51.1 Å². The van der Waals surface area contributed by atoms with Gasteiger partial charge in [0.2, 0.25) is 5.91 Å². The van der Waals surface area contributed by atoms with Gasteiger partial charge >= 0.3 is 0 Å². The fourth-order valence-corrected chi connectivity index (χ4v) is 2.76. The van der Waals surface area contributed by atoms with E-state index in [4.69, 9.17) is 0 Å². The molecule has 1 aromatic heterocycles. The van der Waals surface area contributed by atoms with Crippen molar-refractivity contribution in [1.82, 2.24) is 4.57 Å². The lowest BCUT2D eigenvalue weighted by atomic mass is 10.1. The molecule has 0 saturated heterocycles. The molecule has 3 rings (SSSR count). The summed E-state index contributed by atoms with van der Waals surface area (Å²) < 4.78 is 15.8. The van der Waals surface area contributed by atoms with Crippen molar-refractivity contribution in [1.29, 1.82) is 0 Å². The van der Waals surface area contributed by atoms with Crippen LogP contribution in [0.3, 0.4) is 0 Å². The van der Waals surface area contributed by atoms with Crippen LogP contribution in [-0.4, -0.2) is 10.5 Å². The summed E-state index contributed by atoms with van der Waals surface area (Å²) in [5.74, 6) is -0.794. The number of aromatic nitrogens is 1. The van der Waals surface area contributed by atoms with Gasteiger partial charge in [0.1, 0.15) is 12.4 Å². The number of carbonyl (C=O) groups excluding carboxylic acids is 1. The molecule has 2 aromatic carbocycles. The number of benzene rings is 2. The van der Waals surface area contributed by atoms with Crippen LogP contribution in [0.25, 0.3) is 10.9 Å². The van der Waals surface area contributed by atoms with Gasteiger partial charge in [-0.05, 0) is 37.6 Å². The predicted molar refractivity (Wildman–Crippen MR) is 92.7 cm³/mol. The fourth-order valence-electron chi connectivity index (χ4n) is 2.76. The number of aryl methyl sites for hydroxylation is 2. The number of carbonyl (C=O) groups is 1. The fraction of sp³-hybridized carbons (Fsp3) is 0.158. The first-order chi connectivity index (χ1) is 11.5. The van der Waals surface area contributed by atoms with Gasteiger partial charge in [-0.15, -0.1) is 0 Å². The maximum Gasteiger partial charge on any atom is 0.244 e. The number of anilines is 1. The van der Waals surface area contributed by atoms with Crippen molar-refractivity contribution < 1.29 is 9.18 Å². The molecule has 0 aliphatic carbocycles. The number of amides is 1. The zero-order valence-corrected chi connectivity index (χ0v) is 13.5. The van der Waals surface area contributed by atoms with Crippen LogP contribution in [0.1, 0.15) is 11.3 Å². The van der Waals surface area contributed by atoms with Gasteiger partial charge in [0.25, 0.3) is 0 Å². The van der Waals surface area contributed by atoms with Gasteiger partial charge in [0.15, 0.2) is 5.43 Å². The molecule has 122 valence electrons. The Kier molecular flexibility index (Phi) is 4.16. The van der Waals surface area contributed by atoms with E-state index in [1.54, 1.807) is 13.0 Å². The summed E-state index contributed by atoms with van der Waals surface area (Å²) in [5, 5.41) is 3.09. The zero-order valence-electron chi connectivity index (χ0n) is 13.5. The Bertz CT molecular complexity index is 992. The molecule has 1 heterocycles. The van der Waals surface area contributed by atoms with Crippen LogP contribution in [0.2, 0.25) is 0 Å². The van der Waals surface area contributed by atoms with Gasteiger partial charge in [-0.25, -0.2) is 4.39 Å². The second-order valence-corrected chi connectivity index (χ2v) is 5.74. The van der Waals surface area contributed by atoms with Crippen molar-refractivity contribution in [3.05, 3.63) is 75.8 Å². The van der Waals surface area contributed by atoms with Crippen LogP contribution in [-0.2, 0) is 11.3 Å². The summed E-state index contributed by atoms with van der Waals surface area (Å²) in [4.78, 5) is 24.4. The number of hydrogen-bond acceptors (Lipinski definition) is 2. The van der Waals surface area contributed by atoms with Crippen LogP contribution in [0.5, 0.6) is 0 Å². The minimum Gasteiger partial charge on any atom is -0.333 e. The summed E-state index contributed by atoms with van der Waals surface area (Å²) in [6.45, 7) is 3.52. The Hall–Kier alpha value is -2.95. The SMILES string of the molecule is Cc1ccccc1NC(=O)Cn1c(C)cc(=O)c2cccc(F)c21. The second kappa shape index (κ2) is 6.28. The van der Waals surface area contributed by atoms with Crippen molar-refractivity contribution in [2.75, 3.05) is 5.32 Å². The first-order valence-electron chi connectivity index (χ1n) is 7.61. The highest BCUT2D eigenvalue weighted by Crippen LogP contribution is 2.18. The minimum absolute atomic E-state index is 0.0715. The lowest BCUT2D eigenvalue weighted by Gasteiger charge is -2.15. The van der Waals surface area contributed by atoms with Crippen molar-refractivity contribution in [3.63, 3.8) is 0 Å². The second-order valence-electron chi connectivity index (χ2n) is 5.74. The number of pyridine rings is 1. The highest BCUT2D eigenvalue weighted by Gasteiger charge is 2.14.